The molecule has 0 N–H and O–H groups in total. The Morgan fingerprint density at radius 1 is 1.21 bits per heavy atom. The van der Waals surface area contributed by atoms with Crippen LogP contribution in [0.15, 0.2) is 36.4 Å². The number of aromatic nitrogens is 1. The minimum Gasteiger partial charge on any atom is -0.383 e. The molecule has 0 saturated carbocycles. The molecule has 0 bridgehead atoms. The number of benzene rings is 1. The molecule has 2 saturated heterocycles. The number of ether oxygens (including phenoxy) is 1. The topological polar surface area (TPSA) is 45.7 Å². The van der Waals surface area contributed by atoms with Gasteiger partial charge >= 0.3 is 0 Å². The van der Waals surface area contributed by atoms with Gasteiger partial charge in [-0.3, -0.25) is 9.69 Å². The van der Waals surface area contributed by atoms with Crippen molar-refractivity contribution in [2.45, 2.75) is 18.4 Å². The summed E-state index contributed by atoms with van der Waals surface area (Å²) in [7, 11) is 1.74. The van der Waals surface area contributed by atoms with Crippen LogP contribution in [0.2, 0.25) is 0 Å². The monoisotopic (exact) mass is 325 g/mol. The Balaban J connectivity index is 1.49. The van der Waals surface area contributed by atoms with Crippen LogP contribution in [-0.4, -0.2) is 66.1 Å². The minimum atomic E-state index is 0.0521. The highest BCUT2D eigenvalue weighted by Crippen LogP contribution is 2.39. The molecule has 0 aliphatic carbocycles. The maximum absolute atomic E-state index is 12.9. The Bertz CT molecular complexity index is 763. The highest BCUT2D eigenvalue weighted by Gasteiger charge is 2.49. The molecule has 126 valence electrons. The number of carbonyl (C=O) groups is 1. The molecule has 4 rings (SSSR count). The molecule has 1 atom stereocenters. The van der Waals surface area contributed by atoms with Gasteiger partial charge in [0.2, 0.25) is 0 Å². The molecule has 1 spiro atoms. The normalized spacial score (nSPS) is 23.8. The SMILES string of the molecule is COCCN1CC[C@]12CCN(C(=O)c1ccc3ccccc3n1)C2. The van der Waals surface area contributed by atoms with Crippen molar-refractivity contribution in [2.75, 3.05) is 39.9 Å². The Hall–Kier alpha value is -1.98. The molecular formula is C19H23N3O2. The van der Waals surface area contributed by atoms with Gasteiger partial charge in [-0.15, -0.1) is 0 Å². The van der Waals surface area contributed by atoms with E-state index in [4.69, 9.17) is 4.74 Å². The number of likely N-dealkylation sites (tertiary alicyclic amines) is 2. The van der Waals surface area contributed by atoms with E-state index in [0.29, 0.717) is 5.69 Å². The van der Waals surface area contributed by atoms with Crippen LogP contribution in [0.4, 0.5) is 0 Å². The van der Waals surface area contributed by atoms with Crippen LogP contribution in [0.25, 0.3) is 10.9 Å². The van der Waals surface area contributed by atoms with Crippen molar-refractivity contribution in [1.82, 2.24) is 14.8 Å². The van der Waals surface area contributed by atoms with Crippen LogP contribution < -0.4 is 0 Å². The van der Waals surface area contributed by atoms with Crippen molar-refractivity contribution in [3.05, 3.63) is 42.1 Å². The summed E-state index contributed by atoms with van der Waals surface area (Å²) < 4.78 is 5.20. The van der Waals surface area contributed by atoms with Crippen molar-refractivity contribution < 1.29 is 9.53 Å². The molecule has 1 aromatic carbocycles. The fourth-order valence-electron chi connectivity index (χ4n) is 3.98. The lowest BCUT2D eigenvalue weighted by atomic mass is 9.84. The van der Waals surface area contributed by atoms with Crippen LogP contribution >= 0.6 is 0 Å². The predicted octanol–water partition coefficient (Wildman–Crippen LogP) is 2.17. The third kappa shape index (κ3) is 2.58. The zero-order valence-electron chi connectivity index (χ0n) is 14.1. The van der Waals surface area contributed by atoms with E-state index in [1.165, 1.54) is 6.42 Å². The summed E-state index contributed by atoms with van der Waals surface area (Å²) in [6.45, 7) is 4.44. The first kappa shape index (κ1) is 15.5. The third-order valence-electron chi connectivity index (χ3n) is 5.52. The largest absolute Gasteiger partial charge is 0.383 e. The van der Waals surface area contributed by atoms with E-state index >= 15 is 0 Å². The number of pyridine rings is 1. The molecule has 0 unspecified atom stereocenters. The van der Waals surface area contributed by atoms with Gasteiger partial charge < -0.3 is 9.64 Å². The molecule has 3 heterocycles. The number of nitrogens with zero attached hydrogens (tertiary/aromatic N) is 3. The predicted molar refractivity (Wildman–Crippen MR) is 93.1 cm³/mol. The average molecular weight is 325 g/mol. The standard InChI is InChI=1S/C19H23N3O2/c1-24-13-12-22-11-9-19(22)8-10-21(14-19)18(23)17-7-6-15-4-2-3-5-16(15)20-17/h2-7H,8-14H2,1H3/t19-/m0/s1. The van der Waals surface area contributed by atoms with E-state index in [2.05, 4.69) is 9.88 Å². The van der Waals surface area contributed by atoms with E-state index < -0.39 is 0 Å². The summed E-state index contributed by atoms with van der Waals surface area (Å²) in [5, 5.41) is 1.07. The lowest BCUT2D eigenvalue weighted by Crippen LogP contribution is -2.62. The second kappa shape index (κ2) is 6.15. The first-order valence-electron chi connectivity index (χ1n) is 8.61. The zero-order valence-corrected chi connectivity index (χ0v) is 14.1. The van der Waals surface area contributed by atoms with Gasteiger partial charge in [-0.25, -0.2) is 4.98 Å². The molecule has 2 fully saturated rings. The Morgan fingerprint density at radius 3 is 2.83 bits per heavy atom. The summed E-state index contributed by atoms with van der Waals surface area (Å²) in [5.41, 5.74) is 1.60. The number of rotatable bonds is 4. The summed E-state index contributed by atoms with van der Waals surface area (Å²) in [6, 6.07) is 11.7. The van der Waals surface area contributed by atoms with Crippen LogP contribution in [0.5, 0.6) is 0 Å². The van der Waals surface area contributed by atoms with Gasteiger partial charge in [0.1, 0.15) is 5.69 Å². The fraction of sp³-hybridized carbons (Fsp3) is 0.474. The number of fused-ring (bicyclic) bond motifs is 1. The van der Waals surface area contributed by atoms with Crippen molar-refractivity contribution in [3.63, 3.8) is 0 Å². The Kier molecular flexibility index (Phi) is 3.98. The highest BCUT2D eigenvalue weighted by molar-refractivity contribution is 5.95. The van der Waals surface area contributed by atoms with Crippen LogP contribution in [-0.2, 0) is 4.74 Å². The first-order valence-corrected chi connectivity index (χ1v) is 8.61. The molecule has 5 heteroatoms. The number of hydrogen-bond acceptors (Lipinski definition) is 4. The van der Waals surface area contributed by atoms with E-state index in [1.807, 2.05) is 41.3 Å². The second-order valence-corrected chi connectivity index (χ2v) is 6.82. The van der Waals surface area contributed by atoms with Crippen molar-refractivity contribution >= 4 is 16.8 Å². The number of amides is 1. The molecule has 0 radical (unpaired) electrons. The van der Waals surface area contributed by atoms with Crippen molar-refractivity contribution in [3.8, 4) is 0 Å². The first-order chi connectivity index (χ1) is 11.7. The van der Waals surface area contributed by atoms with Gasteiger partial charge in [0.15, 0.2) is 0 Å². The maximum atomic E-state index is 12.9. The van der Waals surface area contributed by atoms with Crippen molar-refractivity contribution in [1.29, 1.82) is 0 Å². The van der Waals surface area contributed by atoms with Gasteiger partial charge in [0.05, 0.1) is 12.1 Å². The Labute approximate surface area is 142 Å². The molecule has 1 aromatic heterocycles. The van der Waals surface area contributed by atoms with E-state index in [9.17, 15) is 4.79 Å². The maximum Gasteiger partial charge on any atom is 0.272 e. The van der Waals surface area contributed by atoms with Gasteiger partial charge in [-0.2, -0.15) is 0 Å². The summed E-state index contributed by atoms with van der Waals surface area (Å²) in [4.78, 5) is 21.9. The quantitative estimate of drug-likeness (QED) is 0.864. The summed E-state index contributed by atoms with van der Waals surface area (Å²) >= 11 is 0. The number of carbonyl (C=O) groups excluding carboxylic acids is 1. The summed E-state index contributed by atoms with van der Waals surface area (Å²) in [5.74, 6) is 0.0521. The van der Waals surface area contributed by atoms with Gasteiger partial charge in [-0.05, 0) is 25.0 Å². The molecule has 2 aliphatic heterocycles. The molecular weight excluding hydrogens is 302 g/mol. The minimum absolute atomic E-state index is 0.0521. The van der Waals surface area contributed by atoms with Crippen LogP contribution in [0.3, 0.4) is 0 Å². The van der Waals surface area contributed by atoms with Crippen LogP contribution in [0, 0.1) is 0 Å². The Morgan fingerprint density at radius 2 is 2.04 bits per heavy atom. The van der Waals surface area contributed by atoms with Crippen LogP contribution in [0.1, 0.15) is 23.3 Å². The van der Waals surface area contributed by atoms with E-state index in [-0.39, 0.29) is 11.4 Å². The average Bonchev–Trinajstić information content (AvgIpc) is 3.08. The lowest BCUT2D eigenvalue weighted by Gasteiger charge is -2.50. The van der Waals surface area contributed by atoms with Crippen molar-refractivity contribution in [2.24, 2.45) is 0 Å². The molecule has 5 nitrogen and oxygen atoms in total. The smallest absolute Gasteiger partial charge is 0.272 e. The van der Waals surface area contributed by atoms with Gasteiger partial charge in [-0.1, -0.05) is 24.3 Å². The lowest BCUT2D eigenvalue weighted by molar-refractivity contribution is -0.0213. The number of hydrogen-bond donors (Lipinski definition) is 0. The number of methoxy groups -OCH3 is 1. The molecule has 2 aromatic rings. The number of para-hydroxylation sites is 1. The second-order valence-electron chi connectivity index (χ2n) is 6.82. The summed E-state index contributed by atoms with van der Waals surface area (Å²) in [6.07, 6.45) is 2.22. The molecule has 24 heavy (non-hydrogen) atoms. The molecule has 2 aliphatic rings. The third-order valence-corrected chi connectivity index (χ3v) is 5.52. The molecule has 1 amide bonds. The zero-order chi connectivity index (χ0) is 16.6. The van der Waals surface area contributed by atoms with E-state index in [0.717, 1.165) is 50.1 Å². The highest BCUT2D eigenvalue weighted by atomic mass is 16.5. The van der Waals surface area contributed by atoms with E-state index in [1.54, 1.807) is 7.11 Å². The fourth-order valence-corrected chi connectivity index (χ4v) is 3.98. The van der Waals surface area contributed by atoms with Gasteiger partial charge in [0.25, 0.3) is 5.91 Å². The van der Waals surface area contributed by atoms with Gasteiger partial charge in [0, 0.05) is 44.2 Å².